The van der Waals surface area contributed by atoms with E-state index in [1.54, 1.807) is 11.3 Å². The average molecular weight is 179 g/mol. The molecule has 0 fully saturated rings. The Hall–Kier alpha value is 0.110. The van der Waals surface area contributed by atoms with Crippen molar-refractivity contribution in [2.24, 2.45) is 7.05 Å². The summed E-state index contributed by atoms with van der Waals surface area (Å²) in [5.74, 6) is 0. The van der Waals surface area contributed by atoms with Gasteiger partial charge in [0.15, 0.2) is 0 Å². The lowest BCUT2D eigenvalue weighted by Crippen LogP contribution is -2.24. The van der Waals surface area contributed by atoms with Crippen molar-refractivity contribution in [2.75, 3.05) is 0 Å². The number of hydrogen-bond acceptors (Lipinski definition) is 1. The van der Waals surface area contributed by atoms with Gasteiger partial charge >= 0.3 is 0 Å². The number of aromatic nitrogens is 1. The van der Waals surface area contributed by atoms with Crippen LogP contribution in [0.1, 0.15) is 0 Å². The van der Waals surface area contributed by atoms with Gasteiger partial charge < -0.3 is 0 Å². The number of thiazole rings is 1. The molecule has 0 unspecified atom stereocenters. The van der Waals surface area contributed by atoms with Crippen LogP contribution >= 0.6 is 27.3 Å². The average Bonchev–Trinajstić information content (AvgIpc) is 1.91. The Morgan fingerprint density at radius 3 is 2.71 bits per heavy atom. The fourth-order valence-corrected chi connectivity index (χ4v) is 1.51. The van der Waals surface area contributed by atoms with Crippen molar-refractivity contribution in [1.82, 2.24) is 0 Å². The number of aryl methyl sites for hydroxylation is 1. The molecule has 1 nitrogen and oxygen atoms in total. The minimum absolute atomic E-state index is 1.14. The van der Waals surface area contributed by atoms with Crippen LogP contribution in [0, 0.1) is 0 Å². The number of nitrogens with zero attached hydrogens (tertiary/aromatic N) is 1. The van der Waals surface area contributed by atoms with Gasteiger partial charge in [-0.2, -0.15) is 4.57 Å². The quantitative estimate of drug-likeness (QED) is 0.529. The molecule has 1 heterocycles. The third-order valence-electron chi connectivity index (χ3n) is 0.721. The summed E-state index contributed by atoms with van der Waals surface area (Å²) in [5, 5.41) is 2.04. The van der Waals surface area contributed by atoms with E-state index >= 15 is 0 Å². The molecule has 1 aromatic heterocycles. The Balaban J connectivity index is 3.12. The molecular formula is C4H5BrNS+. The Bertz CT molecular complexity index is 144. The largest absolute Gasteiger partial charge is 0.258 e. The van der Waals surface area contributed by atoms with E-state index in [4.69, 9.17) is 0 Å². The summed E-state index contributed by atoms with van der Waals surface area (Å²) >= 11 is 5.02. The molecule has 0 bridgehead atoms. The van der Waals surface area contributed by atoms with Crippen LogP contribution in [0.2, 0.25) is 0 Å². The molecule has 0 N–H and O–H groups in total. The molecule has 0 amide bonds. The first kappa shape index (κ1) is 5.25. The van der Waals surface area contributed by atoms with Gasteiger partial charge in [0.2, 0.25) is 5.51 Å². The van der Waals surface area contributed by atoms with Crippen molar-refractivity contribution in [3.05, 3.63) is 15.5 Å². The minimum atomic E-state index is 1.14. The van der Waals surface area contributed by atoms with Crippen LogP contribution in [0.25, 0.3) is 0 Å². The highest BCUT2D eigenvalue weighted by Crippen LogP contribution is 2.04. The molecule has 0 aliphatic rings. The fraction of sp³-hybridized carbons (Fsp3) is 0.250. The van der Waals surface area contributed by atoms with Crippen molar-refractivity contribution in [1.29, 1.82) is 0 Å². The Morgan fingerprint density at radius 1 is 1.86 bits per heavy atom. The molecule has 7 heavy (non-hydrogen) atoms. The summed E-state index contributed by atoms with van der Waals surface area (Å²) in [6, 6.07) is 0. The Labute approximate surface area is 54.7 Å². The van der Waals surface area contributed by atoms with Crippen LogP contribution in [-0.4, -0.2) is 0 Å². The van der Waals surface area contributed by atoms with Crippen LogP contribution < -0.4 is 4.57 Å². The zero-order valence-electron chi connectivity index (χ0n) is 3.89. The molecular weight excluding hydrogens is 174 g/mol. The SMILES string of the molecule is C[n+]1cscc1Br. The van der Waals surface area contributed by atoms with E-state index in [1.807, 2.05) is 22.5 Å². The second-order valence-corrected chi connectivity index (χ2v) is 2.82. The first-order valence-corrected chi connectivity index (χ1v) is 3.61. The summed E-state index contributed by atoms with van der Waals surface area (Å²) in [4.78, 5) is 0. The van der Waals surface area contributed by atoms with E-state index in [0.717, 1.165) is 4.60 Å². The minimum Gasteiger partial charge on any atom is -0.186 e. The molecule has 0 spiro atoms. The van der Waals surface area contributed by atoms with Crippen molar-refractivity contribution < 1.29 is 4.57 Å². The maximum Gasteiger partial charge on any atom is 0.258 e. The normalized spacial score (nSPS) is 9.43. The van der Waals surface area contributed by atoms with E-state index in [2.05, 4.69) is 15.9 Å². The molecule has 0 aromatic carbocycles. The van der Waals surface area contributed by atoms with Crippen LogP contribution in [0.3, 0.4) is 0 Å². The third kappa shape index (κ3) is 1.01. The molecule has 0 saturated carbocycles. The van der Waals surface area contributed by atoms with Gasteiger partial charge in [0, 0.05) is 15.9 Å². The van der Waals surface area contributed by atoms with Crippen LogP contribution in [0.15, 0.2) is 15.5 Å². The van der Waals surface area contributed by atoms with E-state index in [9.17, 15) is 0 Å². The van der Waals surface area contributed by atoms with Gasteiger partial charge in [-0.15, -0.1) is 0 Å². The lowest BCUT2D eigenvalue weighted by Gasteiger charge is -1.72. The molecule has 3 heteroatoms. The van der Waals surface area contributed by atoms with Crippen molar-refractivity contribution in [3.63, 3.8) is 0 Å². The second-order valence-electron chi connectivity index (χ2n) is 1.29. The van der Waals surface area contributed by atoms with Crippen molar-refractivity contribution >= 4 is 27.3 Å². The topological polar surface area (TPSA) is 3.88 Å². The maximum atomic E-state index is 3.34. The fourth-order valence-electron chi connectivity index (χ4n) is 0.311. The summed E-state index contributed by atoms with van der Waals surface area (Å²) in [7, 11) is 2.00. The molecule has 0 radical (unpaired) electrons. The second kappa shape index (κ2) is 1.92. The first-order valence-electron chi connectivity index (χ1n) is 1.88. The van der Waals surface area contributed by atoms with Crippen LogP contribution in [0.4, 0.5) is 0 Å². The summed E-state index contributed by atoms with van der Waals surface area (Å²) in [6.45, 7) is 0. The van der Waals surface area contributed by atoms with Crippen LogP contribution in [0.5, 0.6) is 0 Å². The van der Waals surface area contributed by atoms with E-state index < -0.39 is 0 Å². The first-order chi connectivity index (χ1) is 3.30. The molecule has 0 aliphatic carbocycles. The van der Waals surface area contributed by atoms with Gasteiger partial charge in [0.05, 0.1) is 5.38 Å². The van der Waals surface area contributed by atoms with Gasteiger partial charge in [-0.05, 0) is 0 Å². The summed E-state index contributed by atoms with van der Waals surface area (Å²) < 4.78 is 3.16. The highest BCUT2D eigenvalue weighted by atomic mass is 79.9. The van der Waals surface area contributed by atoms with Gasteiger partial charge in [0.1, 0.15) is 7.05 Å². The van der Waals surface area contributed by atoms with Gasteiger partial charge in [0.25, 0.3) is 4.60 Å². The highest BCUT2D eigenvalue weighted by molar-refractivity contribution is 9.10. The van der Waals surface area contributed by atoms with Gasteiger partial charge in [-0.25, -0.2) is 0 Å². The molecule has 1 rings (SSSR count). The predicted octanol–water partition coefficient (Wildman–Crippen LogP) is 1.34. The standard InChI is InChI=1S/C4H5BrNS/c1-6-3-7-2-4(6)5/h2-3H,1H3/q+1. The van der Waals surface area contributed by atoms with Gasteiger partial charge in [-0.1, -0.05) is 11.3 Å². The smallest absolute Gasteiger partial charge is 0.186 e. The van der Waals surface area contributed by atoms with E-state index in [1.165, 1.54) is 0 Å². The lowest BCUT2D eigenvalue weighted by molar-refractivity contribution is -0.677. The molecule has 1 aromatic rings. The van der Waals surface area contributed by atoms with Crippen LogP contribution in [-0.2, 0) is 7.05 Å². The highest BCUT2D eigenvalue weighted by Gasteiger charge is 1.98. The molecule has 0 atom stereocenters. The summed E-state index contributed by atoms with van der Waals surface area (Å²) in [6.07, 6.45) is 0. The van der Waals surface area contributed by atoms with Crippen molar-refractivity contribution in [2.45, 2.75) is 0 Å². The monoisotopic (exact) mass is 178 g/mol. The zero-order valence-corrected chi connectivity index (χ0v) is 6.29. The zero-order chi connectivity index (χ0) is 5.28. The molecule has 38 valence electrons. The third-order valence-corrected chi connectivity index (χ3v) is 2.61. The Kier molecular flexibility index (Phi) is 1.44. The van der Waals surface area contributed by atoms with Gasteiger partial charge in [-0.3, -0.25) is 0 Å². The lowest BCUT2D eigenvalue weighted by atomic mass is 10.9. The van der Waals surface area contributed by atoms with Crippen molar-refractivity contribution in [3.8, 4) is 0 Å². The summed E-state index contributed by atoms with van der Waals surface area (Å²) in [5.41, 5.74) is 2.03. The Morgan fingerprint density at radius 2 is 2.57 bits per heavy atom. The maximum absolute atomic E-state index is 3.34. The molecule has 0 aliphatic heterocycles. The predicted molar refractivity (Wildman–Crippen MR) is 33.2 cm³/mol. The number of halogens is 1. The number of rotatable bonds is 0. The van der Waals surface area contributed by atoms with E-state index in [-0.39, 0.29) is 0 Å². The van der Waals surface area contributed by atoms with E-state index in [0.29, 0.717) is 0 Å². The molecule has 0 saturated heterocycles. The number of hydrogen-bond donors (Lipinski definition) is 0.